The Hall–Kier alpha value is -1.71. The summed E-state index contributed by atoms with van der Waals surface area (Å²) in [6, 6.07) is 5.91. The highest BCUT2D eigenvalue weighted by Gasteiger charge is 2.21. The number of benzene rings is 1. The Balaban J connectivity index is 2.08. The molecule has 1 amide bonds. The zero-order valence-corrected chi connectivity index (χ0v) is 13.1. The van der Waals surface area contributed by atoms with Gasteiger partial charge in [-0.3, -0.25) is 4.79 Å². The van der Waals surface area contributed by atoms with Crippen LogP contribution in [0.15, 0.2) is 18.2 Å². The quantitative estimate of drug-likeness (QED) is 0.728. The standard InChI is InChI=1S/C17H27N3O/c1-3-12-5-8-14(9-6-12)20-16-11-13(18)7-10-15(16)17(21)19-4-2/h7,10-12,14,20H,3-6,8-9,18H2,1-2H3,(H,19,21). The smallest absolute Gasteiger partial charge is 0.253 e. The minimum atomic E-state index is -0.0396. The van der Waals surface area contributed by atoms with Gasteiger partial charge >= 0.3 is 0 Å². The van der Waals surface area contributed by atoms with Crippen LogP contribution in [-0.2, 0) is 0 Å². The van der Waals surface area contributed by atoms with Gasteiger partial charge < -0.3 is 16.4 Å². The van der Waals surface area contributed by atoms with Crippen molar-refractivity contribution in [2.75, 3.05) is 17.6 Å². The Kier molecular flexibility index (Phi) is 5.48. The van der Waals surface area contributed by atoms with Crippen molar-refractivity contribution in [3.63, 3.8) is 0 Å². The number of nitrogen functional groups attached to an aromatic ring is 1. The predicted octanol–water partition coefficient (Wildman–Crippen LogP) is 3.40. The average molecular weight is 289 g/mol. The molecule has 0 unspecified atom stereocenters. The molecule has 116 valence electrons. The number of carbonyl (C=O) groups excluding carboxylic acids is 1. The summed E-state index contributed by atoms with van der Waals surface area (Å²) in [5, 5.41) is 6.39. The fraction of sp³-hybridized carbons (Fsp3) is 0.588. The van der Waals surface area contributed by atoms with E-state index in [0.29, 0.717) is 23.8 Å². The number of rotatable bonds is 5. The molecule has 0 atom stereocenters. The van der Waals surface area contributed by atoms with Gasteiger partial charge in [-0.05, 0) is 56.7 Å². The van der Waals surface area contributed by atoms with Crippen LogP contribution in [-0.4, -0.2) is 18.5 Å². The molecule has 0 aliphatic heterocycles. The molecule has 1 aromatic carbocycles. The lowest BCUT2D eigenvalue weighted by Crippen LogP contribution is -2.29. The van der Waals surface area contributed by atoms with Crippen LogP contribution < -0.4 is 16.4 Å². The second-order valence-corrected chi connectivity index (χ2v) is 5.93. The van der Waals surface area contributed by atoms with Crippen LogP contribution in [0, 0.1) is 5.92 Å². The summed E-state index contributed by atoms with van der Waals surface area (Å²) >= 11 is 0. The average Bonchev–Trinajstić information content (AvgIpc) is 2.48. The number of anilines is 2. The number of hydrogen-bond donors (Lipinski definition) is 3. The topological polar surface area (TPSA) is 67.2 Å². The summed E-state index contributed by atoms with van der Waals surface area (Å²) in [5.74, 6) is 0.828. The molecule has 4 N–H and O–H groups in total. The maximum Gasteiger partial charge on any atom is 0.253 e. The van der Waals surface area contributed by atoms with Crippen molar-refractivity contribution in [1.29, 1.82) is 0 Å². The van der Waals surface area contributed by atoms with Gasteiger partial charge in [0.2, 0.25) is 0 Å². The Bertz CT molecular complexity index is 479. The Morgan fingerprint density at radius 3 is 2.57 bits per heavy atom. The van der Waals surface area contributed by atoms with Crippen LogP contribution in [0.2, 0.25) is 0 Å². The van der Waals surface area contributed by atoms with Crippen LogP contribution in [0.3, 0.4) is 0 Å². The zero-order valence-electron chi connectivity index (χ0n) is 13.1. The molecule has 0 spiro atoms. The molecule has 4 nitrogen and oxygen atoms in total. The van der Waals surface area contributed by atoms with Gasteiger partial charge in [-0.2, -0.15) is 0 Å². The van der Waals surface area contributed by atoms with Gasteiger partial charge in [0.25, 0.3) is 5.91 Å². The molecule has 0 heterocycles. The van der Waals surface area contributed by atoms with Crippen LogP contribution in [0.4, 0.5) is 11.4 Å². The molecular weight excluding hydrogens is 262 g/mol. The Morgan fingerprint density at radius 1 is 1.24 bits per heavy atom. The molecule has 4 heteroatoms. The van der Waals surface area contributed by atoms with E-state index in [1.165, 1.54) is 32.1 Å². The summed E-state index contributed by atoms with van der Waals surface area (Å²) in [5.41, 5.74) is 8.11. The van der Waals surface area contributed by atoms with E-state index in [9.17, 15) is 4.79 Å². The monoisotopic (exact) mass is 289 g/mol. The summed E-state index contributed by atoms with van der Waals surface area (Å²) in [6.07, 6.45) is 6.15. The minimum Gasteiger partial charge on any atom is -0.399 e. The molecule has 21 heavy (non-hydrogen) atoms. The summed E-state index contributed by atoms with van der Waals surface area (Å²) in [6.45, 7) is 4.82. The third kappa shape index (κ3) is 4.13. The lowest BCUT2D eigenvalue weighted by molar-refractivity contribution is 0.0956. The van der Waals surface area contributed by atoms with E-state index in [1.807, 2.05) is 13.0 Å². The number of nitrogens with one attached hydrogen (secondary N) is 2. The molecule has 1 fully saturated rings. The fourth-order valence-corrected chi connectivity index (χ4v) is 3.07. The van der Waals surface area contributed by atoms with E-state index >= 15 is 0 Å². The van der Waals surface area contributed by atoms with Gasteiger partial charge in [0, 0.05) is 24.0 Å². The van der Waals surface area contributed by atoms with Gasteiger partial charge in [-0.25, -0.2) is 0 Å². The van der Waals surface area contributed by atoms with Crippen molar-refractivity contribution in [2.45, 2.75) is 52.0 Å². The first-order chi connectivity index (χ1) is 10.1. The van der Waals surface area contributed by atoms with E-state index in [4.69, 9.17) is 5.73 Å². The molecule has 0 aromatic heterocycles. The van der Waals surface area contributed by atoms with Crippen molar-refractivity contribution in [3.8, 4) is 0 Å². The van der Waals surface area contributed by atoms with Gasteiger partial charge in [-0.15, -0.1) is 0 Å². The van der Waals surface area contributed by atoms with Crippen molar-refractivity contribution < 1.29 is 4.79 Å². The molecule has 0 bridgehead atoms. The molecule has 1 aliphatic carbocycles. The van der Waals surface area contributed by atoms with Gasteiger partial charge in [0.05, 0.1) is 5.56 Å². The highest BCUT2D eigenvalue weighted by atomic mass is 16.1. The first-order valence-electron chi connectivity index (χ1n) is 8.08. The zero-order chi connectivity index (χ0) is 15.2. The van der Waals surface area contributed by atoms with Gasteiger partial charge in [-0.1, -0.05) is 13.3 Å². The molecule has 1 aromatic rings. The van der Waals surface area contributed by atoms with E-state index in [2.05, 4.69) is 17.6 Å². The normalized spacial score (nSPS) is 21.8. The molecular formula is C17H27N3O. The summed E-state index contributed by atoms with van der Waals surface area (Å²) in [7, 11) is 0. The van der Waals surface area contributed by atoms with E-state index in [-0.39, 0.29) is 5.91 Å². The number of nitrogens with two attached hydrogens (primary N) is 1. The lowest BCUT2D eigenvalue weighted by atomic mass is 9.84. The number of carbonyl (C=O) groups is 1. The van der Waals surface area contributed by atoms with Crippen LogP contribution in [0.5, 0.6) is 0 Å². The van der Waals surface area contributed by atoms with Crippen LogP contribution in [0.25, 0.3) is 0 Å². The molecule has 1 aliphatic rings. The molecule has 0 saturated heterocycles. The molecule has 0 radical (unpaired) electrons. The fourth-order valence-electron chi connectivity index (χ4n) is 3.07. The summed E-state index contributed by atoms with van der Waals surface area (Å²) in [4.78, 5) is 12.1. The first-order valence-corrected chi connectivity index (χ1v) is 8.08. The lowest BCUT2D eigenvalue weighted by Gasteiger charge is -2.29. The van der Waals surface area contributed by atoms with Crippen molar-refractivity contribution in [3.05, 3.63) is 23.8 Å². The van der Waals surface area contributed by atoms with Crippen LogP contribution in [0.1, 0.15) is 56.3 Å². The first kappa shape index (κ1) is 15.7. The van der Waals surface area contributed by atoms with Crippen molar-refractivity contribution in [1.82, 2.24) is 5.32 Å². The minimum absolute atomic E-state index is 0.0396. The van der Waals surface area contributed by atoms with E-state index in [0.717, 1.165) is 11.6 Å². The number of hydrogen-bond acceptors (Lipinski definition) is 3. The Labute approximate surface area is 127 Å². The third-order valence-corrected chi connectivity index (χ3v) is 4.41. The second-order valence-electron chi connectivity index (χ2n) is 5.93. The van der Waals surface area contributed by atoms with Crippen molar-refractivity contribution in [2.24, 2.45) is 5.92 Å². The predicted molar refractivity (Wildman–Crippen MR) is 88.5 cm³/mol. The SMILES string of the molecule is CCNC(=O)c1ccc(N)cc1NC1CCC(CC)CC1. The second kappa shape index (κ2) is 7.34. The number of amides is 1. The molecule has 1 saturated carbocycles. The van der Waals surface area contributed by atoms with Gasteiger partial charge in [0.15, 0.2) is 0 Å². The van der Waals surface area contributed by atoms with Gasteiger partial charge in [0.1, 0.15) is 0 Å². The summed E-state index contributed by atoms with van der Waals surface area (Å²) < 4.78 is 0. The van der Waals surface area contributed by atoms with Crippen molar-refractivity contribution >= 4 is 17.3 Å². The largest absolute Gasteiger partial charge is 0.399 e. The maximum atomic E-state index is 12.1. The van der Waals surface area contributed by atoms with E-state index in [1.54, 1.807) is 12.1 Å². The Morgan fingerprint density at radius 2 is 1.95 bits per heavy atom. The van der Waals surface area contributed by atoms with E-state index < -0.39 is 0 Å². The molecule has 2 rings (SSSR count). The highest BCUT2D eigenvalue weighted by molar-refractivity contribution is 6.00. The maximum absolute atomic E-state index is 12.1. The third-order valence-electron chi connectivity index (χ3n) is 4.41. The van der Waals surface area contributed by atoms with Crippen LogP contribution >= 0.6 is 0 Å². The highest BCUT2D eigenvalue weighted by Crippen LogP contribution is 2.30.